The topological polar surface area (TPSA) is 20.2 Å². The Bertz CT molecular complexity index is 233. The molecule has 0 bridgehead atoms. The lowest BCUT2D eigenvalue weighted by Crippen LogP contribution is -1.91. The van der Waals surface area contributed by atoms with Crippen molar-refractivity contribution in [3.63, 3.8) is 0 Å². The molecule has 0 aliphatic carbocycles. The Balaban J connectivity index is 2.91. The van der Waals surface area contributed by atoms with E-state index in [1.165, 1.54) is 0 Å². The minimum atomic E-state index is -0.404. The quantitative estimate of drug-likeness (QED) is 0.677. The molecule has 0 aliphatic heterocycles. The number of benzene rings is 1. The summed E-state index contributed by atoms with van der Waals surface area (Å²) in [7, 11) is 0. The van der Waals surface area contributed by atoms with Crippen molar-refractivity contribution in [3.8, 4) is 0 Å². The molecule has 2 heteroatoms. The first-order chi connectivity index (χ1) is 5.24. The van der Waals surface area contributed by atoms with E-state index in [9.17, 15) is 5.11 Å². The molecule has 0 saturated carbocycles. The minimum absolute atomic E-state index is 0.404. The largest absolute Gasteiger partial charge is 0.389 e. The zero-order chi connectivity index (χ0) is 8.27. The van der Waals surface area contributed by atoms with Gasteiger partial charge in [-0.15, -0.1) is 11.6 Å². The molecule has 1 unspecified atom stereocenters. The molecule has 1 N–H and O–H groups in total. The number of hydrogen-bond acceptors (Lipinski definition) is 1. The Morgan fingerprint density at radius 1 is 1.55 bits per heavy atom. The fourth-order valence-corrected chi connectivity index (χ4v) is 1.10. The normalized spacial score (nSPS) is 13.0. The maximum atomic E-state index is 9.20. The van der Waals surface area contributed by atoms with Crippen molar-refractivity contribution in [2.24, 2.45) is 0 Å². The van der Waals surface area contributed by atoms with E-state index in [0.29, 0.717) is 5.88 Å². The van der Waals surface area contributed by atoms with Gasteiger partial charge in [-0.1, -0.05) is 24.3 Å². The fraction of sp³-hybridized carbons (Fsp3) is 0.333. The average molecular weight is 171 g/mol. The Labute approximate surface area is 71.6 Å². The first-order valence-electron chi connectivity index (χ1n) is 3.57. The molecule has 1 aromatic rings. The van der Waals surface area contributed by atoms with Gasteiger partial charge in [0.15, 0.2) is 0 Å². The number of aliphatic hydroxyl groups excluding tert-OH is 1. The zero-order valence-electron chi connectivity index (χ0n) is 6.42. The van der Waals surface area contributed by atoms with E-state index in [4.69, 9.17) is 11.6 Å². The summed E-state index contributed by atoms with van der Waals surface area (Å²) in [5, 5.41) is 9.20. The molecule has 1 aromatic carbocycles. The van der Waals surface area contributed by atoms with E-state index >= 15 is 0 Å². The predicted octanol–water partition coefficient (Wildman–Crippen LogP) is 2.48. The maximum absolute atomic E-state index is 9.20. The minimum Gasteiger partial charge on any atom is -0.389 e. The van der Waals surface area contributed by atoms with Gasteiger partial charge in [-0.2, -0.15) is 0 Å². The summed E-state index contributed by atoms with van der Waals surface area (Å²) < 4.78 is 0. The summed E-state index contributed by atoms with van der Waals surface area (Å²) in [6.07, 6.45) is -0.404. The van der Waals surface area contributed by atoms with Gasteiger partial charge in [-0.3, -0.25) is 0 Å². The second kappa shape index (κ2) is 3.74. The molecule has 1 atom stereocenters. The molecule has 1 rings (SSSR count). The molecule has 0 spiro atoms. The molecule has 0 saturated heterocycles. The second-order valence-electron chi connectivity index (χ2n) is 2.55. The van der Waals surface area contributed by atoms with Crippen molar-refractivity contribution < 1.29 is 5.11 Å². The van der Waals surface area contributed by atoms with E-state index < -0.39 is 6.10 Å². The molecule has 60 valence electrons. The number of aliphatic hydroxyl groups is 1. The summed E-state index contributed by atoms with van der Waals surface area (Å²) in [6, 6.07) is 7.65. The lowest BCUT2D eigenvalue weighted by molar-refractivity contribution is 0.199. The zero-order valence-corrected chi connectivity index (χ0v) is 7.17. The van der Waals surface area contributed by atoms with Crippen LogP contribution in [-0.2, 0) is 5.88 Å². The second-order valence-corrected chi connectivity index (χ2v) is 2.82. The third-order valence-corrected chi connectivity index (χ3v) is 1.90. The molecular formula is C9H11ClO. The van der Waals surface area contributed by atoms with Crippen LogP contribution in [0, 0.1) is 0 Å². The smallest absolute Gasteiger partial charge is 0.0762 e. The van der Waals surface area contributed by atoms with Crippen molar-refractivity contribution in [2.45, 2.75) is 18.9 Å². The summed E-state index contributed by atoms with van der Waals surface area (Å²) in [6.45, 7) is 1.74. The molecule has 0 amide bonds. The van der Waals surface area contributed by atoms with Gasteiger partial charge in [0, 0.05) is 5.88 Å². The average Bonchev–Trinajstić information content (AvgIpc) is 2.05. The van der Waals surface area contributed by atoms with Crippen LogP contribution in [0.25, 0.3) is 0 Å². The molecule has 11 heavy (non-hydrogen) atoms. The van der Waals surface area contributed by atoms with Crippen molar-refractivity contribution in [1.29, 1.82) is 0 Å². The molecule has 0 aliphatic rings. The van der Waals surface area contributed by atoms with Crippen LogP contribution in [-0.4, -0.2) is 5.11 Å². The summed E-state index contributed by atoms with van der Waals surface area (Å²) in [5.74, 6) is 0.501. The first-order valence-corrected chi connectivity index (χ1v) is 4.10. The Morgan fingerprint density at radius 2 is 2.27 bits per heavy atom. The molecule has 0 heterocycles. The van der Waals surface area contributed by atoms with Crippen molar-refractivity contribution in [1.82, 2.24) is 0 Å². The highest BCUT2D eigenvalue weighted by molar-refractivity contribution is 6.17. The van der Waals surface area contributed by atoms with Crippen molar-refractivity contribution in [3.05, 3.63) is 35.4 Å². The summed E-state index contributed by atoms with van der Waals surface area (Å²) >= 11 is 5.62. The molecule has 1 nitrogen and oxygen atoms in total. The monoisotopic (exact) mass is 170 g/mol. The van der Waals surface area contributed by atoms with Crippen LogP contribution in [0.3, 0.4) is 0 Å². The van der Waals surface area contributed by atoms with E-state index in [1.54, 1.807) is 6.92 Å². The number of rotatable bonds is 2. The lowest BCUT2D eigenvalue weighted by atomic mass is 10.1. The highest BCUT2D eigenvalue weighted by Crippen LogP contribution is 2.14. The number of halogens is 1. The van der Waals surface area contributed by atoms with Gasteiger partial charge in [0.25, 0.3) is 0 Å². The van der Waals surface area contributed by atoms with Gasteiger partial charge < -0.3 is 5.11 Å². The lowest BCUT2D eigenvalue weighted by Gasteiger charge is -2.04. The van der Waals surface area contributed by atoms with Crippen LogP contribution in [0.5, 0.6) is 0 Å². The fourth-order valence-electron chi connectivity index (χ4n) is 0.936. The molecular weight excluding hydrogens is 160 g/mol. The van der Waals surface area contributed by atoms with Gasteiger partial charge in [-0.25, -0.2) is 0 Å². The SMILES string of the molecule is CC(O)c1cccc(CCl)c1. The molecule has 0 aromatic heterocycles. The third kappa shape index (κ3) is 2.21. The van der Waals surface area contributed by atoms with Crippen molar-refractivity contribution >= 4 is 11.6 Å². The van der Waals surface area contributed by atoms with Crippen molar-refractivity contribution in [2.75, 3.05) is 0 Å². The Morgan fingerprint density at radius 3 is 2.82 bits per heavy atom. The first kappa shape index (κ1) is 8.57. The van der Waals surface area contributed by atoms with Crippen LogP contribution in [0.4, 0.5) is 0 Å². The number of hydrogen-bond donors (Lipinski definition) is 1. The van der Waals surface area contributed by atoms with Gasteiger partial charge in [0.2, 0.25) is 0 Å². The maximum Gasteiger partial charge on any atom is 0.0762 e. The molecule has 0 radical (unpaired) electrons. The highest BCUT2D eigenvalue weighted by Gasteiger charge is 1.99. The summed E-state index contributed by atoms with van der Waals surface area (Å²) in [5.41, 5.74) is 1.97. The summed E-state index contributed by atoms with van der Waals surface area (Å²) in [4.78, 5) is 0. The van der Waals surface area contributed by atoms with E-state index in [1.807, 2.05) is 24.3 Å². The standard InChI is InChI=1S/C9H11ClO/c1-7(11)9-4-2-3-8(5-9)6-10/h2-5,7,11H,6H2,1H3. The van der Waals surface area contributed by atoms with Gasteiger partial charge in [0.1, 0.15) is 0 Å². The third-order valence-electron chi connectivity index (χ3n) is 1.59. The van der Waals surface area contributed by atoms with Gasteiger partial charge in [-0.05, 0) is 18.1 Å². The van der Waals surface area contributed by atoms with Crippen LogP contribution < -0.4 is 0 Å². The highest BCUT2D eigenvalue weighted by atomic mass is 35.5. The van der Waals surface area contributed by atoms with Crippen LogP contribution in [0.15, 0.2) is 24.3 Å². The van der Waals surface area contributed by atoms with Crippen LogP contribution in [0.2, 0.25) is 0 Å². The van der Waals surface area contributed by atoms with Crippen LogP contribution >= 0.6 is 11.6 Å². The number of alkyl halides is 1. The van der Waals surface area contributed by atoms with E-state index in [0.717, 1.165) is 11.1 Å². The Kier molecular flexibility index (Phi) is 2.92. The van der Waals surface area contributed by atoms with E-state index in [2.05, 4.69) is 0 Å². The van der Waals surface area contributed by atoms with E-state index in [-0.39, 0.29) is 0 Å². The van der Waals surface area contributed by atoms with Gasteiger partial charge >= 0.3 is 0 Å². The Hall–Kier alpha value is -0.530. The van der Waals surface area contributed by atoms with Crippen LogP contribution in [0.1, 0.15) is 24.2 Å². The predicted molar refractivity (Wildman–Crippen MR) is 46.6 cm³/mol. The van der Waals surface area contributed by atoms with Gasteiger partial charge in [0.05, 0.1) is 6.10 Å². The molecule has 0 fully saturated rings.